The molecule has 0 saturated heterocycles. The van der Waals surface area contributed by atoms with Crippen LogP contribution in [-0.2, 0) is 12.8 Å². The standard InChI is InChI=1S/C14H12ClF2N3O2.C9H11NO2.C5H2Cl2F2N2/c15-11-12(13(16)17)19-6-20-14(11)18-4-3-8-1-2-9-10(5-8)22-7-21-9;10-4-3-7-1-2-8-9(5-7)12-6-11-8;6-2-3(5(8)9)10-1-11-4(2)7/h1-2,5-6,13H,3-4,7H2,(H,18,19,20);1-2,5H,3-4,6,10H2;1,5H. The summed E-state index contributed by atoms with van der Waals surface area (Å²) in [6.07, 6.45) is -1.91. The fourth-order valence-corrected chi connectivity index (χ4v) is 4.42. The van der Waals surface area contributed by atoms with Gasteiger partial charge in [0.25, 0.3) is 12.9 Å². The second-order valence-electron chi connectivity index (χ2n) is 8.98. The van der Waals surface area contributed by atoms with Crippen LogP contribution in [0.15, 0.2) is 49.1 Å². The monoisotopic (exact) mass is 690 g/mol. The van der Waals surface area contributed by atoms with Crippen molar-refractivity contribution in [1.82, 2.24) is 19.9 Å². The van der Waals surface area contributed by atoms with Gasteiger partial charge in [0.15, 0.2) is 28.2 Å². The van der Waals surface area contributed by atoms with Crippen LogP contribution in [0.1, 0.15) is 35.4 Å². The van der Waals surface area contributed by atoms with Crippen LogP contribution in [0.4, 0.5) is 23.4 Å². The Morgan fingerprint density at radius 1 is 0.689 bits per heavy atom. The predicted molar refractivity (Wildman–Crippen MR) is 159 cm³/mol. The number of nitrogens with one attached hydrogen (secondary N) is 1. The number of halogens is 7. The summed E-state index contributed by atoms with van der Waals surface area (Å²) < 4.78 is 70.3. The maximum Gasteiger partial charge on any atom is 0.282 e. The van der Waals surface area contributed by atoms with Gasteiger partial charge in [-0.2, -0.15) is 0 Å². The second kappa shape index (κ2) is 16.5. The molecule has 45 heavy (non-hydrogen) atoms. The maximum absolute atomic E-state index is 12.7. The summed E-state index contributed by atoms with van der Waals surface area (Å²) >= 11 is 16.6. The van der Waals surface area contributed by atoms with Crippen molar-refractivity contribution in [2.75, 3.05) is 32.0 Å². The molecule has 2 aliphatic rings. The van der Waals surface area contributed by atoms with Crippen molar-refractivity contribution >= 4 is 40.6 Å². The van der Waals surface area contributed by atoms with Crippen molar-refractivity contribution in [3.05, 3.63) is 86.8 Å². The lowest BCUT2D eigenvalue weighted by atomic mass is 10.1. The zero-order chi connectivity index (χ0) is 32.3. The molecule has 0 amide bonds. The molecule has 10 nitrogen and oxygen atoms in total. The molecule has 17 heteroatoms. The number of nitrogens with two attached hydrogens (primary N) is 1. The summed E-state index contributed by atoms with van der Waals surface area (Å²) in [7, 11) is 0. The first-order chi connectivity index (χ1) is 21.7. The average molecular weight is 692 g/mol. The molecule has 0 radical (unpaired) electrons. The zero-order valence-corrected chi connectivity index (χ0v) is 25.4. The van der Waals surface area contributed by atoms with Gasteiger partial charge in [0.1, 0.15) is 39.9 Å². The zero-order valence-electron chi connectivity index (χ0n) is 23.2. The van der Waals surface area contributed by atoms with Crippen LogP contribution in [0.5, 0.6) is 23.0 Å². The Hall–Kier alpha value is -3.85. The van der Waals surface area contributed by atoms with Gasteiger partial charge in [-0.05, 0) is 54.8 Å². The number of benzene rings is 2. The molecule has 2 aromatic heterocycles. The third-order valence-electron chi connectivity index (χ3n) is 6.02. The van der Waals surface area contributed by atoms with Crippen LogP contribution in [0.3, 0.4) is 0 Å². The molecule has 0 aliphatic carbocycles. The van der Waals surface area contributed by atoms with Crippen LogP contribution in [0, 0.1) is 0 Å². The van der Waals surface area contributed by atoms with Crippen LogP contribution in [0.25, 0.3) is 0 Å². The number of nitrogens with zero attached hydrogens (tertiary/aromatic N) is 4. The molecule has 0 saturated carbocycles. The lowest BCUT2D eigenvalue weighted by Crippen LogP contribution is -2.08. The van der Waals surface area contributed by atoms with Gasteiger partial charge in [0, 0.05) is 6.54 Å². The highest BCUT2D eigenvalue weighted by Gasteiger charge is 2.18. The van der Waals surface area contributed by atoms with E-state index in [0.29, 0.717) is 32.1 Å². The summed E-state index contributed by atoms with van der Waals surface area (Å²) in [5, 5.41) is 2.34. The molecule has 2 aromatic carbocycles. The Kier molecular flexibility index (Phi) is 12.4. The van der Waals surface area contributed by atoms with Gasteiger partial charge in [-0.25, -0.2) is 37.5 Å². The van der Waals surface area contributed by atoms with Crippen molar-refractivity contribution in [3.63, 3.8) is 0 Å². The smallest absolute Gasteiger partial charge is 0.282 e. The normalized spacial score (nSPS) is 12.4. The van der Waals surface area contributed by atoms with Crippen molar-refractivity contribution in [2.24, 2.45) is 5.73 Å². The van der Waals surface area contributed by atoms with Crippen LogP contribution < -0.4 is 30.0 Å². The quantitative estimate of drug-likeness (QED) is 0.146. The largest absolute Gasteiger partial charge is 0.454 e. The first-order valence-corrected chi connectivity index (χ1v) is 14.2. The molecule has 240 valence electrons. The van der Waals surface area contributed by atoms with Gasteiger partial charge >= 0.3 is 0 Å². The van der Waals surface area contributed by atoms with Gasteiger partial charge in [0.2, 0.25) is 13.6 Å². The Balaban J connectivity index is 0.000000169. The van der Waals surface area contributed by atoms with Gasteiger partial charge in [-0.15, -0.1) is 0 Å². The first kappa shape index (κ1) is 34.0. The van der Waals surface area contributed by atoms with Crippen LogP contribution >= 0.6 is 34.8 Å². The topological polar surface area (TPSA) is 127 Å². The van der Waals surface area contributed by atoms with Gasteiger partial charge in [0.05, 0.1) is 0 Å². The molecule has 0 spiro atoms. The van der Waals surface area contributed by atoms with Gasteiger partial charge in [-0.1, -0.05) is 46.9 Å². The molecular weight excluding hydrogens is 667 g/mol. The third kappa shape index (κ3) is 9.33. The Labute approximate surface area is 269 Å². The number of fused-ring (bicyclic) bond motifs is 2. The minimum Gasteiger partial charge on any atom is -0.454 e. The van der Waals surface area contributed by atoms with E-state index < -0.39 is 24.2 Å². The highest BCUT2D eigenvalue weighted by molar-refractivity contribution is 6.41. The molecule has 4 aromatic rings. The van der Waals surface area contributed by atoms with E-state index in [4.69, 9.17) is 59.5 Å². The number of anilines is 1. The lowest BCUT2D eigenvalue weighted by molar-refractivity contribution is 0.145. The van der Waals surface area contributed by atoms with E-state index in [2.05, 4.69) is 25.3 Å². The second-order valence-corrected chi connectivity index (χ2v) is 10.1. The Morgan fingerprint density at radius 2 is 1.20 bits per heavy atom. The van der Waals surface area contributed by atoms with E-state index >= 15 is 0 Å². The SMILES string of the molecule is FC(F)c1ncnc(Cl)c1Cl.FC(F)c1ncnc(NCCc2ccc3c(c2)OCO3)c1Cl.NCCc1ccc2c(c1)OCO2. The number of rotatable bonds is 8. The number of alkyl halides is 4. The van der Waals surface area contributed by atoms with Crippen molar-refractivity contribution in [3.8, 4) is 23.0 Å². The van der Waals surface area contributed by atoms with E-state index in [1.54, 1.807) is 0 Å². The predicted octanol–water partition coefficient (Wildman–Crippen LogP) is 7.09. The highest BCUT2D eigenvalue weighted by Crippen LogP contribution is 2.34. The molecule has 0 fully saturated rings. The Morgan fingerprint density at radius 3 is 1.73 bits per heavy atom. The van der Waals surface area contributed by atoms with E-state index in [1.807, 2.05) is 36.4 Å². The van der Waals surface area contributed by atoms with Gasteiger partial charge in [-0.3, -0.25) is 0 Å². The summed E-state index contributed by atoms with van der Waals surface area (Å²) in [5.41, 5.74) is 6.65. The molecule has 0 bridgehead atoms. The summed E-state index contributed by atoms with van der Waals surface area (Å²) in [6.45, 7) is 1.71. The first-order valence-electron chi connectivity index (χ1n) is 13.1. The van der Waals surface area contributed by atoms with Crippen LogP contribution in [-0.4, -0.2) is 46.6 Å². The Bertz CT molecular complexity index is 1590. The van der Waals surface area contributed by atoms with E-state index in [-0.39, 0.29) is 27.8 Å². The number of ether oxygens (including phenoxy) is 4. The molecule has 3 N–H and O–H groups in total. The van der Waals surface area contributed by atoms with E-state index in [9.17, 15) is 17.6 Å². The average Bonchev–Trinajstić information content (AvgIpc) is 3.69. The maximum atomic E-state index is 12.7. The molecule has 2 aliphatic heterocycles. The molecule has 0 atom stereocenters. The van der Waals surface area contributed by atoms with Gasteiger partial charge < -0.3 is 30.0 Å². The van der Waals surface area contributed by atoms with Crippen molar-refractivity contribution < 1.29 is 36.5 Å². The number of aromatic nitrogens is 4. The van der Waals surface area contributed by atoms with Crippen molar-refractivity contribution in [2.45, 2.75) is 25.7 Å². The van der Waals surface area contributed by atoms with Crippen LogP contribution in [0.2, 0.25) is 15.2 Å². The number of hydrogen-bond acceptors (Lipinski definition) is 10. The van der Waals surface area contributed by atoms with E-state index in [0.717, 1.165) is 41.9 Å². The fraction of sp³-hybridized carbons (Fsp3) is 0.286. The molecular formula is C28H25Cl3F4N6O4. The lowest BCUT2D eigenvalue weighted by Gasteiger charge is -2.09. The minimum atomic E-state index is -2.73. The minimum absolute atomic E-state index is 0.150. The molecule has 4 heterocycles. The van der Waals surface area contributed by atoms with E-state index in [1.165, 1.54) is 5.56 Å². The number of hydrogen-bond donors (Lipinski definition) is 2. The third-order valence-corrected chi connectivity index (χ3v) is 7.15. The fourth-order valence-electron chi connectivity index (χ4n) is 3.86. The summed E-state index contributed by atoms with van der Waals surface area (Å²) in [6, 6.07) is 11.6. The van der Waals surface area contributed by atoms with Crippen molar-refractivity contribution in [1.29, 1.82) is 0 Å². The molecule has 0 unspecified atom stereocenters. The highest BCUT2D eigenvalue weighted by atomic mass is 35.5. The summed E-state index contributed by atoms with van der Waals surface area (Å²) in [4.78, 5) is 14.0. The summed E-state index contributed by atoms with van der Waals surface area (Å²) in [5.74, 6) is 3.29. The molecule has 6 rings (SSSR count).